The largest absolute Gasteiger partial charge is 0.364 e. The van der Waals surface area contributed by atoms with Crippen LogP contribution < -0.4 is 11.1 Å². The number of nitrogens with zero attached hydrogens (tertiary/aromatic N) is 3. The van der Waals surface area contributed by atoms with Gasteiger partial charge in [0.15, 0.2) is 5.82 Å². The number of aromatic nitrogens is 3. The van der Waals surface area contributed by atoms with E-state index in [1.165, 1.54) is 6.07 Å². The van der Waals surface area contributed by atoms with Gasteiger partial charge in [-0.25, -0.2) is 4.39 Å². The highest BCUT2D eigenvalue weighted by Crippen LogP contribution is 2.28. The quantitative estimate of drug-likeness (QED) is 0.857. The minimum atomic E-state index is -0.517. The number of amides is 1. The lowest BCUT2D eigenvalue weighted by Gasteiger charge is -2.14. The average molecular weight is 373 g/mol. The van der Waals surface area contributed by atoms with Crippen molar-refractivity contribution in [3.05, 3.63) is 29.8 Å². The van der Waals surface area contributed by atoms with Crippen molar-refractivity contribution in [1.29, 1.82) is 0 Å². The highest BCUT2D eigenvalue weighted by Gasteiger charge is 2.30. The van der Waals surface area contributed by atoms with Gasteiger partial charge in [0.2, 0.25) is 0 Å². The number of benzene rings is 1. The van der Waals surface area contributed by atoms with Gasteiger partial charge in [-0.2, -0.15) is 0 Å². The van der Waals surface area contributed by atoms with Crippen molar-refractivity contribution in [1.82, 2.24) is 14.8 Å². The summed E-state index contributed by atoms with van der Waals surface area (Å²) in [6.45, 7) is 1.19. The van der Waals surface area contributed by atoms with E-state index >= 15 is 0 Å². The van der Waals surface area contributed by atoms with Gasteiger partial charge in [0.05, 0.1) is 11.7 Å². The molecule has 144 valence electrons. The molecule has 3 N–H and O–H groups in total. The number of fused-ring (bicyclic) bond motifs is 1. The Morgan fingerprint density at radius 1 is 1.30 bits per heavy atom. The molecule has 7 nitrogen and oxygen atoms in total. The van der Waals surface area contributed by atoms with Crippen LogP contribution in [0.2, 0.25) is 0 Å². The number of aryl methyl sites for hydroxylation is 1. The second-order valence-corrected chi connectivity index (χ2v) is 7.15. The molecule has 1 aromatic carbocycles. The summed E-state index contributed by atoms with van der Waals surface area (Å²) in [5.41, 5.74) is 6.46. The molecule has 27 heavy (non-hydrogen) atoms. The molecule has 8 heteroatoms. The van der Waals surface area contributed by atoms with Crippen molar-refractivity contribution >= 4 is 11.6 Å². The molecule has 2 atom stereocenters. The van der Waals surface area contributed by atoms with Crippen LogP contribution in [0.4, 0.5) is 10.1 Å². The predicted molar refractivity (Wildman–Crippen MR) is 98.6 cm³/mol. The van der Waals surface area contributed by atoms with E-state index in [4.69, 9.17) is 10.5 Å². The first kappa shape index (κ1) is 18.1. The van der Waals surface area contributed by atoms with Gasteiger partial charge >= 0.3 is 0 Å². The Labute approximate surface area is 157 Å². The van der Waals surface area contributed by atoms with Gasteiger partial charge in [-0.3, -0.25) is 4.79 Å². The van der Waals surface area contributed by atoms with Crippen molar-refractivity contribution in [2.45, 2.75) is 57.3 Å². The molecule has 2 aliphatic heterocycles. The van der Waals surface area contributed by atoms with Crippen LogP contribution in [0, 0.1) is 5.82 Å². The minimum absolute atomic E-state index is 0.0732. The topological polar surface area (TPSA) is 95.1 Å². The van der Waals surface area contributed by atoms with Crippen molar-refractivity contribution in [3.63, 3.8) is 0 Å². The maximum absolute atomic E-state index is 14.5. The highest BCUT2D eigenvalue weighted by atomic mass is 19.1. The molecule has 1 amide bonds. The van der Waals surface area contributed by atoms with Crippen LogP contribution >= 0.6 is 0 Å². The summed E-state index contributed by atoms with van der Waals surface area (Å²) in [6.07, 6.45) is 4.90. The summed E-state index contributed by atoms with van der Waals surface area (Å²) in [7, 11) is 0. The molecule has 0 spiro atoms. The maximum Gasteiger partial charge on any atom is 0.253 e. The number of carbonyl (C=O) groups is 1. The standard InChI is InChI=1S/C19H24FN5O2/c20-15-7-5-12(22-19(26)16-8-6-13(11-21)27-16)10-14(15)18-24-23-17-4-2-1-3-9-25(17)18/h5,7,10,13,16H,1-4,6,8-9,11,21H2,(H,22,26)/t13-,16+/m1/s1. The Kier molecular flexibility index (Phi) is 5.18. The zero-order valence-electron chi connectivity index (χ0n) is 15.2. The summed E-state index contributed by atoms with van der Waals surface area (Å²) in [5, 5.41) is 11.3. The number of nitrogens with one attached hydrogen (secondary N) is 1. The number of rotatable bonds is 4. The smallest absolute Gasteiger partial charge is 0.253 e. The zero-order valence-corrected chi connectivity index (χ0v) is 15.2. The summed E-state index contributed by atoms with van der Waals surface area (Å²) in [4.78, 5) is 12.4. The summed E-state index contributed by atoms with van der Waals surface area (Å²) in [5.74, 6) is 0.792. The first-order chi connectivity index (χ1) is 13.2. The molecule has 1 saturated heterocycles. The van der Waals surface area contributed by atoms with Crippen molar-refractivity contribution in [2.24, 2.45) is 5.73 Å². The summed E-state index contributed by atoms with van der Waals surface area (Å²) < 4.78 is 22.1. The lowest BCUT2D eigenvalue weighted by Crippen LogP contribution is -2.29. The fourth-order valence-electron chi connectivity index (χ4n) is 3.75. The number of carbonyl (C=O) groups excluding carboxylic acids is 1. The van der Waals surface area contributed by atoms with Gasteiger partial charge < -0.3 is 20.4 Å². The summed E-state index contributed by atoms with van der Waals surface area (Å²) >= 11 is 0. The fourth-order valence-corrected chi connectivity index (χ4v) is 3.75. The van der Waals surface area contributed by atoms with Crippen LogP contribution in [0.1, 0.15) is 37.9 Å². The van der Waals surface area contributed by atoms with Gasteiger partial charge in [0.25, 0.3) is 5.91 Å². The van der Waals surface area contributed by atoms with E-state index in [1.54, 1.807) is 12.1 Å². The molecule has 0 radical (unpaired) electrons. The van der Waals surface area contributed by atoms with Gasteiger partial charge in [-0.1, -0.05) is 6.42 Å². The van der Waals surface area contributed by atoms with E-state index in [-0.39, 0.29) is 17.8 Å². The van der Waals surface area contributed by atoms with Gasteiger partial charge in [-0.05, 0) is 43.9 Å². The molecule has 0 bridgehead atoms. The van der Waals surface area contributed by atoms with Gasteiger partial charge in [0.1, 0.15) is 17.7 Å². The van der Waals surface area contributed by atoms with E-state index in [9.17, 15) is 9.18 Å². The van der Waals surface area contributed by atoms with E-state index in [2.05, 4.69) is 15.5 Å². The second-order valence-electron chi connectivity index (χ2n) is 7.15. The lowest BCUT2D eigenvalue weighted by atomic mass is 10.1. The number of hydrogen-bond acceptors (Lipinski definition) is 5. The van der Waals surface area contributed by atoms with Crippen LogP contribution in [0.5, 0.6) is 0 Å². The molecule has 1 fully saturated rings. The molecule has 0 aliphatic carbocycles. The van der Waals surface area contributed by atoms with Gasteiger partial charge in [0, 0.05) is 25.2 Å². The first-order valence-electron chi connectivity index (χ1n) is 9.54. The minimum Gasteiger partial charge on any atom is -0.364 e. The Morgan fingerprint density at radius 2 is 2.19 bits per heavy atom. The third-order valence-electron chi connectivity index (χ3n) is 5.25. The van der Waals surface area contributed by atoms with Crippen molar-refractivity contribution in [3.8, 4) is 11.4 Å². The molecule has 0 saturated carbocycles. The number of nitrogens with two attached hydrogens (primary N) is 1. The number of hydrogen-bond donors (Lipinski definition) is 2. The molecule has 2 aromatic rings. The van der Waals surface area contributed by atoms with E-state index in [0.717, 1.165) is 44.5 Å². The third-order valence-corrected chi connectivity index (χ3v) is 5.25. The highest BCUT2D eigenvalue weighted by molar-refractivity contribution is 5.94. The monoisotopic (exact) mass is 373 g/mol. The Hall–Kier alpha value is -2.32. The van der Waals surface area contributed by atoms with Crippen LogP contribution in [0.3, 0.4) is 0 Å². The molecule has 2 aliphatic rings. The van der Waals surface area contributed by atoms with E-state index in [1.807, 2.05) is 4.57 Å². The third kappa shape index (κ3) is 3.72. The lowest BCUT2D eigenvalue weighted by molar-refractivity contribution is -0.126. The number of halogens is 1. The van der Waals surface area contributed by atoms with E-state index in [0.29, 0.717) is 30.0 Å². The van der Waals surface area contributed by atoms with Gasteiger partial charge in [-0.15, -0.1) is 10.2 Å². The molecule has 1 aromatic heterocycles. The van der Waals surface area contributed by atoms with Crippen molar-refractivity contribution in [2.75, 3.05) is 11.9 Å². The zero-order chi connectivity index (χ0) is 18.8. The normalized spacial score (nSPS) is 22.3. The maximum atomic E-state index is 14.5. The van der Waals surface area contributed by atoms with Crippen LogP contribution in [0.15, 0.2) is 18.2 Å². The van der Waals surface area contributed by atoms with Crippen LogP contribution in [0.25, 0.3) is 11.4 Å². The molecular formula is C19H24FN5O2. The van der Waals surface area contributed by atoms with E-state index < -0.39 is 6.10 Å². The molecule has 4 rings (SSSR count). The van der Waals surface area contributed by atoms with Crippen molar-refractivity contribution < 1.29 is 13.9 Å². The fraction of sp³-hybridized carbons (Fsp3) is 0.526. The summed E-state index contributed by atoms with van der Waals surface area (Å²) in [6, 6.07) is 4.51. The Balaban J connectivity index is 1.56. The second kappa shape index (κ2) is 7.74. The Bertz CT molecular complexity index is 838. The first-order valence-corrected chi connectivity index (χ1v) is 9.54. The molecule has 3 heterocycles. The number of anilines is 1. The predicted octanol–water partition coefficient (Wildman–Crippen LogP) is 2.26. The Morgan fingerprint density at radius 3 is 3.00 bits per heavy atom. The van der Waals surface area contributed by atoms with Crippen LogP contribution in [-0.4, -0.2) is 39.4 Å². The molecule has 0 unspecified atom stereocenters. The van der Waals surface area contributed by atoms with Crippen LogP contribution in [-0.2, 0) is 22.5 Å². The molecular weight excluding hydrogens is 349 g/mol. The SMILES string of the molecule is NC[C@H]1CC[C@@H](C(=O)Nc2ccc(F)c(-c3nnc4n3CCCCC4)c2)O1. The average Bonchev–Trinajstić information content (AvgIpc) is 3.25. The number of ether oxygens (including phenoxy) is 1.